The number of fused-ring (bicyclic) bond motifs is 3. The van der Waals surface area contributed by atoms with Crippen LogP contribution in [0.3, 0.4) is 0 Å². The van der Waals surface area contributed by atoms with Crippen molar-refractivity contribution in [2.45, 2.75) is 38.8 Å². The molecule has 1 aromatic rings. The number of amides is 3. The molecule has 1 aromatic carbocycles. The second kappa shape index (κ2) is 7.96. The zero-order valence-corrected chi connectivity index (χ0v) is 18.3. The van der Waals surface area contributed by atoms with Crippen molar-refractivity contribution < 1.29 is 19.1 Å². The SMILES string of the molecule is CCCN1C(=O)C2C(NC3N(c4cc(OC)ccc4OC)CC(C)CN23)N(C)C1=O. The first-order valence-corrected chi connectivity index (χ1v) is 10.5. The summed E-state index contributed by atoms with van der Waals surface area (Å²) in [5, 5.41) is 3.54. The van der Waals surface area contributed by atoms with Gasteiger partial charge in [0.15, 0.2) is 0 Å². The molecular formula is C21H31N5O4. The summed E-state index contributed by atoms with van der Waals surface area (Å²) in [6.07, 6.45) is 0.147. The summed E-state index contributed by atoms with van der Waals surface area (Å²) in [6, 6.07) is 5.07. The molecule has 3 aliphatic rings. The molecule has 30 heavy (non-hydrogen) atoms. The van der Waals surface area contributed by atoms with Gasteiger partial charge in [-0.15, -0.1) is 0 Å². The van der Waals surface area contributed by atoms with Crippen LogP contribution in [0, 0.1) is 5.92 Å². The lowest BCUT2D eigenvalue weighted by atomic mass is 10.0. The van der Waals surface area contributed by atoms with Gasteiger partial charge >= 0.3 is 6.03 Å². The van der Waals surface area contributed by atoms with Gasteiger partial charge in [0.2, 0.25) is 0 Å². The molecule has 9 nitrogen and oxygen atoms in total. The van der Waals surface area contributed by atoms with E-state index in [0.29, 0.717) is 12.5 Å². The second-order valence-electron chi connectivity index (χ2n) is 8.31. The Morgan fingerprint density at radius 2 is 1.93 bits per heavy atom. The highest BCUT2D eigenvalue weighted by atomic mass is 16.5. The Morgan fingerprint density at radius 1 is 1.17 bits per heavy atom. The van der Waals surface area contributed by atoms with Crippen molar-refractivity contribution in [3.8, 4) is 11.5 Å². The first-order chi connectivity index (χ1) is 14.4. The van der Waals surface area contributed by atoms with Crippen molar-refractivity contribution in [2.24, 2.45) is 5.92 Å². The predicted octanol–water partition coefficient (Wildman–Crippen LogP) is 1.35. The smallest absolute Gasteiger partial charge is 0.327 e. The lowest BCUT2D eigenvalue weighted by molar-refractivity contribution is -0.138. The molecule has 3 saturated heterocycles. The molecule has 3 aliphatic heterocycles. The first-order valence-electron chi connectivity index (χ1n) is 10.5. The molecule has 4 rings (SSSR count). The second-order valence-corrected chi connectivity index (χ2v) is 8.31. The summed E-state index contributed by atoms with van der Waals surface area (Å²) in [4.78, 5) is 33.6. The third kappa shape index (κ3) is 3.16. The highest BCUT2D eigenvalue weighted by Crippen LogP contribution is 2.39. The number of nitrogens with zero attached hydrogens (tertiary/aromatic N) is 4. The number of hydrogen-bond acceptors (Lipinski definition) is 7. The Bertz CT molecular complexity index is 834. The Kier molecular flexibility index (Phi) is 5.50. The van der Waals surface area contributed by atoms with E-state index in [-0.39, 0.29) is 24.4 Å². The van der Waals surface area contributed by atoms with Gasteiger partial charge in [0.1, 0.15) is 30.0 Å². The average Bonchev–Trinajstić information content (AvgIpc) is 3.13. The molecule has 4 atom stereocenters. The number of methoxy groups -OCH3 is 2. The third-order valence-electron chi connectivity index (χ3n) is 6.23. The maximum absolute atomic E-state index is 13.3. The van der Waals surface area contributed by atoms with Gasteiger partial charge in [0, 0.05) is 32.7 Å². The molecule has 164 valence electrons. The van der Waals surface area contributed by atoms with Gasteiger partial charge in [-0.25, -0.2) is 4.79 Å². The predicted molar refractivity (Wildman–Crippen MR) is 112 cm³/mol. The van der Waals surface area contributed by atoms with Gasteiger partial charge < -0.3 is 19.3 Å². The fourth-order valence-corrected chi connectivity index (χ4v) is 4.85. The number of nitrogens with one attached hydrogen (secondary N) is 1. The number of hydrogen-bond donors (Lipinski definition) is 1. The number of ether oxygens (including phenoxy) is 2. The first kappa shape index (κ1) is 20.7. The van der Waals surface area contributed by atoms with E-state index >= 15 is 0 Å². The maximum atomic E-state index is 13.3. The Labute approximate surface area is 177 Å². The largest absolute Gasteiger partial charge is 0.497 e. The van der Waals surface area contributed by atoms with Crippen molar-refractivity contribution in [3.63, 3.8) is 0 Å². The molecule has 3 heterocycles. The number of rotatable bonds is 5. The molecule has 3 amide bonds. The van der Waals surface area contributed by atoms with Crippen LogP contribution < -0.4 is 19.7 Å². The number of likely N-dealkylation sites (N-methyl/N-ethyl adjacent to an activating group) is 1. The van der Waals surface area contributed by atoms with Gasteiger partial charge in [-0.1, -0.05) is 13.8 Å². The van der Waals surface area contributed by atoms with Crippen LogP contribution in [0.1, 0.15) is 20.3 Å². The molecule has 0 spiro atoms. The van der Waals surface area contributed by atoms with Crippen LogP contribution in [-0.2, 0) is 4.79 Å². The van der Waals surface area contributed by atoms with Gasteiger partial charge in [0.25, 0.3) is 5.91 Å². The molecule has 1 N–H and O–H groups in total. The van der Waals surface area contributed by atoms with Crippen LogP contribution in [0.25, 0.3) is 0 Å². The minimum absolute atomic E-state index is 0.119. The van der Waals surface area contributed by atoms with Crippen LogP contribution >= 0.6 is 0 Å². The van der Waals surface area contributed by atoms with Crippen molar-refractivity contribution >= 4 is 17.6 Å². The van der Waals surface area contributed by atoms with Crippen LogP contribution in [0.15, 0.2) is 18.2 Å². The lowest BCUT2D eigenvalue weighted by Gasteiger charge is -2.46. The number of urea groups is 1. The standard InChI is InChI=1S/C21H31N5O4/c1-6-9-24-19(27)17-18(23(3)21(24)28)22-20-25(11-13(2)12-26(17)20)15-10-14(29-4)7-8-16(15)30-5/h7-8,10,13,17-18,20,22H,6,9,11-12H2,1-5H3. The highest BCUT2D eigenvalue weighted by Gasteiger charge is 2.56. The normalized spacial score (nSPS) is 29.2. The molecule has 3 fully saturated rings. The van der Waals surface area contributed by atoms with Gasteiger partial charge in [-0.2, -0.15) is 0 Å². The molecule has 0 saturated carbocycles. The summed E-state index contributed by atoms with van der Waals surface area (Å²) in [5.41, 5.74) is 0.899. The minimum Gasteiger partial charge on any atom is -0.497 e. The van der Waals surface area contributed by atoms with Crippen LogP contribution in [0.5, 0.6) is 11.5 Å². The monoisotopic (exact) mass is 417 g/mol. The van der Waals surface area contributed by atoms with Crippen LogP contribution in [0.2, 0.25) is 0 Å². The molecule has 0 bridgehead atoms. The van der Waals surface area contributed by atoms with Crippen LogP contribution in [-0.4, -0.2) is 86.0 Å². The number of benzene rings is 1. The van der Waals surface area contributed by atoms with Crippen molar-refractivity contribution in [1.82, 2.24) is 20.0 Å². The molecule has 0 aromatic heterocycles. The van der Waals surface area contributed by atoms with Gasteiger partial charge in [-0.3, -0.25) is 19.9 Å². The maximum Gasteiger partial charge on any atom is 0.327 e. The lowest BCUT2D eigenvalue weighted by Crippen LogP contribution is -2.66. The van der Waals surface area contributed by atoms with E-state index in [1.807, 2.05) is 25.1 Å². The topological polar surface area (TPSA) is 77.6 Å². The van der Waals surface area contributed by atoms with Crippen LogP contribution in [0.4, 0.5) is 10.5 Å². The van der Waals surface area contributed by atoms with Crippen molar-refractivity contribution in [2.75, 3.05) is 45.8 Å². The van der Waals surface area contributed by atoms with Crippen molar-refractivity contribution in [3.05, 3.63) is 18.2 Å². The van der Waals surface area contributed by atoms with Gasteiger partial charge in [0.05, 0.1) is 19.9 Å². The van der Waals surface area contributed by atoms with E-state index in [4.69, 9.17) is 9.47 Å². The van der Waals surface area contributed by atoms with E-state index in [1.165, 1.54) is 4.90 Å². The van der Waals surface area contributed by atoms with Crippen molar-refractivity contribution in [1.29, 1.82) is 0 Å². The summed E-state index contributed by atoms with van der Waals surface area (Å²) < 4.78 is 11.1. The fraction of sp³-hybridized carbons (Fsp3) is 0.619. The van der Waals surface area contributed by atoms with E-state index < -0.39 is 6.04 Å². The molecule has 9 heteroatoms. The third-order valence-corrected chi connectivity index (χ3v) is 6.23. The molecular weight excluding hydrogens is 386 g/mol. The average molecular weight is 418 g/mol. The Hall–Kier alpha value is -2.52. The summed E-state index contributed by atoms with van der Waals surface area (Å²) in [5.74, 6) is 1.69. The minimum atomic E-state index is -0.411. The van der Waals surface area contributed by atoms with E-state index in [0.717, 1.165) is 36.7 Å². The summed E-state index contributed by atoms with van der Waals surface area (Å²) >= 11 is 0. The zero-order chi connectivity index (χ0) is 21.6. The fourth-order valence-electron chi connectivity index (χ4n) is 4.85. The number of carbonyl (C=O) groups excluding carboxylic acids is 2. The molecule has 4 unspecified atom stereocenters. The number of anilines is 1. The Morgan fingerprint density at radius 3 is 2.60 bits per heavy atom. The summed E-state index contributed by atoms with van der Waals surface area (Å²) in [7, 11) is 5.05. The molecule has 0 aliphatic carbocycles. The highest BCUT2D eigenvalue weighted by molar-refractivity contribution is 6.00. The summed E-state index contributed by atoms with van der Waals surface area (Å²) in [6.45, 7) is 6.15. The number of imide groups is 1. The van der Waals surface area contributed by atoms with E-state index in [9.17, 15) is 9.59 Å². The van der Waals surface area contributed by atoms with E-state index in [2.05, 4.69) is 22.0 Å². The molecule has 0 radical (unpaired) electrons. The number of carbonyl (C=O) groups is 2. The van der Waals surface area contributed by atoms with E-state index in [1.54, 1.807) is 26.2 Å². The zero-order valence-electron chi connectivity index (χ0n) is 18.3. The van der Waals surface area contributed by atoms with Gasteiger partial charge in [-0.05, 0) is 24.5 Å². The Balaban J connectivity index is 1.72. The quantitative estimate of drug-likeness (QED) is 0.775.